The topological polar surface area (TPSA) is 123 Å². The molecule has 1 aliphatic carbocycles. The Kier molecular flexibility index (Phi) is 7.04. The van der Waals surface area contributed by atoms with E-state index in [0.717, 1.165) is 12.8 Å². The minimum Gasteiger partial charge on any atom is -0.497 e. The Hall–Kier alpha value is -3.89. The Morgan fingerprint density at radius 3 is 1.86 bits per heavy atom. The molecule has 0 heterocycles. The van der Waals surface area contributed by atoms with Crippen molar-refractivity contribution in [3.63, 3.8) is 0 Å². The van der Waals surface area contributed by atoms with Gasteiger partial charge < -0.3 is 20.1 Å². The summed E-state index contributed by atoms with van der Waals surface area (Å²) in [7, 11) is -0.882. The Morgan fingerprint density at radius 2 is 1.31 bits per heavy atom. The Labute approximate surface area is 203 Å². The number of nitrogens with one attached hydrogen (secondary N) is 3. The van der Waals surface area contributed by atoms with E-state index in [4.69, 9.17) is 9.47 Å². The summed E-state index contributed by atoms with van der Waals surface area (Å²) in [4.78, 5) is 25.2. The van der Waals surface area contributed by atoms with Crippen LogP contribution in [0, 0.1) is 0 Å². The fraction of sp³-hybridized carbons (Fsp3) is 0.200. The number of sulfonamides is 1. The second kappa shape index (κ2) is 10.2. The van der Waals surface area contributed by atoms with Gasteiger partial charge in [-0.25, -0.2) is 13.1 Å². The normalized spacial score (nSPS) is 13.1. The van der Waals surface area contributed by atoms with Gasteiger partial charge in [0.2, 0.25) is 10.0 Å². The monoisotopic (exact) mass is 495 g/mol. The van der Waals surface area contributed by atoms with E-state index in [1.807, 2.05) is 0 Å². The van der Waals surface area contributed by atoms with E-state index in [1.165, 1.54) is 25.3 Å². The second-order valence-electron chi connectivity index (χ2n) is 7.98. The van der Waals surface area contributed by atoms with Gasteiger partial charge in [-0.1, -0.05) is 0 Å². The third-order valence-electron chi connectivity index (χ3n) is 5.37. The van der Waals surface area contributed by atoms with Crippen LogP contribution in [0.25, 0.3) is 0 Å². The van der Waals surface area contributed by atoms with E-state index in [2.05, 4.69) is 15.4 Å². The fourth-order valence-electron chi connectivity index (χ4n) is 3.30. The molecule has 0 aliphatic heterocycles. The van der Waals surface area contributed by atoms with Gasteiger partial charge in [0.05, 0.1) is 14.2 Å². The summed E-state index contributed by atoms with van der Waals surface area (Å²) in [6.45, 7) is 0. The van der Waals surface area contributed by atoms with Gasteiger partial charge in [0.15, 0.2) is 0 Å². The van der Waals surface area contributed by atoms with E-state index in [9.17, 15) is 18.0 Å². The Bertz CT molecular complexity index is 1330. The van der Waals surface area contributed by atoms with Gasteiger partial charge >= 0.3 is 0 Å². The first-order valence-electron chi connectivity index (χ1n) is 10.9. The van der Waals surface area contributed by atoms with E-state index >= 15 is 0 Å². The third-order valence-corrected chi connectivity index (χ3v) is 6.91. The van der Waals surface area contributed by atoms with Gasteiger partial charge in [-0.05, 0) is 79.6 Å². The molecule has 0 atom stereocenters. The number of hydrogen-bond acceptors (Lipinski definition) is 6. The van der Waals surface area contributed by atoms with Gasteiger partial charge in [0, 0.05) is 28.5 Å². The molecular formula is C25H25N3O6S. The highest BCUT2D eigenvalue weighted by Crippen LogP contribution is 2.28. The van der Waals surface area contributed by atoms with E-state index < -0.39 is 15.9 Å². The van der Waals surface area contributed by atoms with Crippen LogP contribution < -0.4 is 24.8 Å². The van der Waals surface area contributed by atoms with Crippen molar-refractivity contribution in [3.8, 4) is 11.5 Å². The summed E-state index contributed by atoms with van der Waals surface area (Å²) in [5.41, 5.74) is 1.63. The summed E-state index contributed by atoms with van der Waals surface area (Å²) in [5, 5.41) is 5.50. The molecule has 0 saturated heterocycles. The molecule has 3 aromatic rings. The molecule has 0 aromatic heterocycles. The molecule has 182 valence electrons. The molecule has 3 aromatic carbocycles. The van der Waals surface area contributed by atoms with Crippen LogP contribution in [-0.4, -0.2) is 40.5 Å². The maximum atomic E-state index is 12.8. The molecule has 0 unspecified atom stereocenters. The smallest absolute Gasteiger partial charge is 0.255 e. The average Bonchev–Trinajstić information content (AvgIpc) is 3.67. The zero-order chi connectivity index (χ0) is 25.0. The zero-order valence-electron chi connectivity index (χ0n) is 19.2. The van der Waals surface area contributed by atoms with Crippen LogP contribution in [0.1, 0.15) is 33.6 Å². The molecular weight excluding hydrogens is 470 g/mol. The minimum atomic E-state index is -3.82. The van der Waals surface area contributed by atoms with Crippen molar-refractivity contribution in [2.45, 2.75) is 23.8 Å². The molecule has 9 nitrogen and oxygen atoms in total. The number of carbonyl (C=O) groups is 2. The highest BCUT2D eigenvalue weighted by atomic mass is 32.2. The van der Waals surface area contributed by atoms with Crippen LogP contribution in [0.5, 0.6) is 11.5 Å². The number of hydrogen-bond donors (Lipinski definition) is 3. The predicted molar refractivity (Wildman–Crippen MR) is 132 cm³/mol. The van der Waals surface area contributed by atoms with Crippen molar-refractivity contribution >= 4 is 33.2 Å². The van der Waals surface area contributed by atoms with Crippen LogP contribution >= 0.6 is 0 Å². The first-order chi connectivity index (χ1) is 16.8. The predicted octanol–water partition coefficient (Wildman–Crippen LogP) is 3.65. The lowest BCUT2D eigenvalue weighted by molar-refractivity contribution is 0.101. The SMILES string of the molecule is COc1ccc(NC(=O)c2ccc(NC(=O)c3ccc(OC)c(S(=O)(=O)NC4CC4)c3)cc2)cc1. The summed E-state index contributed by atoms with van der Waals surface area (Å²) < 4.78 is 38.3. The molecule has 1 aliphatic rings. The van der Waals surface area contributed by atoms with Gasteiger partial charge in [-0.2, -0.15) is 0 Å². The number of rotatable bonds is 9. The van der Waals surface area contributed by atoms with Gasteiger partial charge in [-0.3, -0.25) is 9.59 Å². The van der Waals surface area contributed by atoms with Crippen LogP contribution in [0.15, 0.2) is 71.6 Å². The zero-order valence-corrected chi connectivity index (χ0v) is 20.0. The first kappa shape index (κ1) is 24.2. The molecule has 1 fully saturated rings. The summed E-state index contributed by atoms with van der Waals surface area (Å²) >= 11 is 0. The van der Waals surface area contributed by atoms with Crippen molar-refractivity contribution in [2.24, 2.45) is 0 Å². The molecule has 1 saturated carbocycles. The number of methoxy groups -OCH3 is 2. The summed E-state index contributed by atoms with van der Waals surface area (Å²) in [6, 6.07) is 17.4. The van der Waals surface area contributed by atoms with Crippen molar-refractivity contribution in [3.05, 3.63) is 77.9 Å². The van der Waals surface area contributed by atoms with Crippen molar-refractivity contribution in [2.75, 3.05) is 24.9 Å². The van der Waals surface area contributed by atoms with Gasteiger partial charge in [-0.15, -0.1) is 0 Å². The Morgan fingerprint density at radius 1 is 0.771 bits per heavy atom. The van der Waals surface area contributed by atoms with Crippen LogP contribution in [0.4, 0.5) is 11.4 Å². The van der Waals surface area contributed by atoms with Gasteiger partial charge in [0.1, 0.15) is 16.4 Å². The maximum absolute atomic E-state index is 12.8. The largest absolute Gasteiger partial charge is 0.497 e. The standard InChI is InChI=1S/C25H25N3O6S/c1-33-21-12-10-19(11-13-21)26-24(29)16-3-6-18(7-4-16)27-25(30)17-5-14-22(34-2)23(15-17)35(31,32)28-20-8-9-20/h3-7,10-15,20,28H,8-9H2,1-2H3,(H,26,29)(H,27,30). The number of carbonyl (C=O) groups excluding carboxylic acids is 2. The summed E-state index contributed by atoms with van der Waals surface area (Å²) in [6.07, 6.45) is 1.58. The average molecular weight is 496 g/mol. The van der Waals surface area contributed by atoms with Crippen LogP contribution in [0.3, 0.4) is 0 Å². The molecule has 3 N–H and O–H groups in total. The van der Waals surface area contributed by atoms with Crippen molar-refractivity contribution in [1.29, 1.82) is 0 Å². The Balaban J connectivity index is 1.44. The lowest BCUT2D eigenvalue weighted by Crippen LogP contribution is -2.26. The molecule has 35 heavy (non-hydrogen) atoms. The van der Waals surface area contributed by atoms with Crippen molar-refractivity contribution in [1.82, 2.24) is 4.72 Å². The molecule has 2 amide bonds. The van der Waals surface area contributed by atoms with E-state index in [-0.39, 0.29) is 28.2 Å². The third kappa shape index (κ3) is 5.97. The molecule has 4 rings (SSSR count). The number of benzene rings is 3. The summed E-state index contributed by atoms with van der Waals surface area (Å²) in [5.74, 6) is 0.0398. The van der Waals surface area contributed by atoms with Gasteiger partial charge in [0.25, 0.3) is 11.8 Å². The second-order valence-corrected chi connectivity index (χ2v) is 9.66. The highest BCUT2D eigenvalue weighted by Gasteiger charge is 2.30. The highest BCUT2D eigenvalue weighted by molar-refractivity contribution is 7.89. The number of amides is 2. The fourth-order valence-corrected chi connectivity index (χ4v) is 4.80. The van der Waals surface area contributed by atoms with E-state index in [1.54, 1.807) is 55.6 Å². The number of anilines is 2. The molecule has 0 bridgehead atoms. The van der Waals surface area contributed by atoms with E-state index in [0.29, 0.717) is 22.7 Å². The quantitative estimate of drug-likeness (QED) is 0.417. The van der Waals surface area contributed by atoms with Crippen LogP contribution in [0.2, 0.25) is 0 Å². The molecule has 0 spiro atoms. The molecule has 0 radical (unpaired) electrons. The maximum Gasteiger partial charge on any atom is 0.255 e. The lowest BCUT2D eigenvalue weighted by Gasteiger charge is -2.12. The molecule has 10 heteroatoms. The first-order valence-corrected chi connectivity index (χ1v) is 12.3. The number of ether oxygens (including phenoxy) is 2. The minimum absolute atomic E-state index is 0.0809. The lowest BCUT2D eigenvalue weighted by atomic mass is 10.1. The van der Waals surface area contributed by atoms with Crippen molar-refractivity contribution < 1.29 is 27.5 Å². The van der Waals surface area contributed by atoms with Crippen LogP contribution in [-0.2, 0) is 10.0 Å².